The number of hydrogen-bond acceptors (Lipinski definition) is 3. The SMILES string of the molecule is CC(CN)NCc1cccc(C(N)=O)c1. The van der Waals surface area contributed by atoms with Crippen molar-refractivity contribution < 1.29 is 4.79 Å². The van der Waals surface area contributed by atoms with Crippen molar-refractivity contribution in [2.75, 3.05) is 6.54 Å². The van der Waals surface area contributed by atoms with Crippen molar-refractivity contribution in [3.05, 3.63) is 35.4 Å². The summed E-state index contributed by atoms with van der Waals surface area (Å²) in [6.45, 7) is 3.30. The van der Waals surface area contributed by atoms with Gasteiger partial charge in [0.05, 0.1) is 0 Å². The van der Waals surface area contributed by atoms with E-state index in [1.165, 1.54) is 0 Å². The summed E-state index contributed by atoms with van der Waals surface area (Å²) in [6.07, 6.45) is 0. The van der Waals surface area contributed by atoms with E-state index >= 15 is 0 Å². The highest BCUT2D eigenvalue weighted by molar-refractivity contribution is 5.92. The molecule has 0 aliphatic heterocycles. The zero-order valence-electron chi connectivity index (χ0n) is 8.86. The molecule has 0 aliphatic carbocycles. The molecule has 1 aromatic carbocycles. The average molecular weight is 207 g/mol. The normalized spacial score (nSPS) is 12.4. The van der Waals surface area contributed by atoms with Crippen LogP contribution >= 0.6 is 0 Å². The smallest absolute Gasteiger partial charge is 0.248 e. The minimum Gasteiger partial charge on any atom is -0.366 e. The van der Waals surface area contributed by atoms with E-state index in [1.54, 1.807) is 12.1 Å². The predicted molar refractivity (Wildman–Crippen MR) is 60.3 cm³/mol. The van der Waals surface area contributed by atoms with Gasteiger partial charge in [0.1, 0.15) is 0 Å². The van der Waals surface area contributed by atoms with E-state index in [-0.39, 0.29) is 6.04 Å². The van der Waals surface area contributed by atoms with Gasteiger partial charge in [0.15, 0.2) is 0 Å². The van der Waals surface area contributed by atoms with Gasteiger partial charge in [-0.05, 0) is 24.6 Å². The second-order valence-corrected chi connectivity index (χ2v) is 3.58. The third-order valence-electron chi connectivity index (χ3n) is 2.22. The Balaban J connectivity index is 2.62. The third-order valence-corrected chi connectivity index (χ3v) is 2.22. The fourth-order valence-electron chi connectivity index (χ4n) is 1.21. The number of carbonyl (C=O) groups excluding carboxylic acids is 1. The second-order valence-electron chi connectivity index (χ2n) is 3.58. The molecule has 5 N–H and O–H groups in total. The van der Waals surface area contributed by atoms with Crippen molar-refractivity contribution in [2.24, 2.45) is 11.5 Å². The molecule has 0 aromatic heterocycles. The van der Waals surface area contributed by atoms with E-state index < -0.39 is 5.91 Å². The van der Waals surface area contributed by atoms with Gasteiger partial charge in [-0.2, -0.15) is 0 Å². The number of primary amides is 1. The molecule has 0 spiro atoms. The van der Waals surface area contributed by atoms with Gasteiger partial charge in [0, 0.05) is 24.7 Å². The zero-order chi connectivity index (χ0) is 11.3. The molecular weight excluding hydrogens is 190 g/mol. The van der Waals surface area contributed by atoms with Crippen LogP contribution in [0.1, 0.15) is 22.8 Å². The van der Waals surface area contributed by atoms with Gasteiger partial charge >= 0.3 is 0 Å². The highest BCUT2D eigenvalue weighted by atomic mass is 16.1. The first-order valence-electron chi connectivity index (χ1n) is 4.95. The molecule has 0 aliphatic rings. The summed E-state index contributed by atoms with van der Waals surface area (Å²) < 4.78 is 0. The number of carbonyl (C=O) groups is 1. The van der Waals surface area contributed by atoms with E-state index in [4.69, 9.17) is 11.5 Å². The molecule has 0 saturated carbocycles. The van der Waals surface area contributed by atoms with Crippen LogP contribution in [0, 0.1) is 0 Å². The molecule has 0 heterocycles. The van der Waals surface area contributed by atoms with Crippen molar-refractivity contribution in [3.8, 4) is 0 Å². The molecule has 1 unspecified atom stereocenters. The van der Waals surface area contributed by atoms with Crippen molar-refractivity contribution in [2.45, 2.75) is 19.5 Å². The molecule has 1 atom stereocenters. The summed E-state index contributed by atoms with van der Waals surface area (Å²) in [5, 5.41) is 3.24. The second kappa shape index (κ2) is 5.48. The van der Waals surface area contributed by atoms with E-state index in [9.17, 15) is 4.79 Å². The maximum absolute atomic E-state index is 10.9. The standard InChI is InChI=1S/C11H17N3O/c1-8(6-12)14-7-9-3-2-4-10(5-9)11(13)15/h2-5,8,14H,6-7,12H2,1H3,(H2,13,15). The van der Waals surface area contributed by atoms with Gasteiger partial charge in [-0.1, -0.05) is 12.1 Å². The van der Waals surface area contributed by atoms with Crippen LogP contribution in [0.4, 0.5) is 0 Å². The maximum Gasteiger partial charge on any atom is 0.248 e. The molecule has 82 valence electrons. The summed E-state index contributed by atoms with van der Waals surface area (Å²) in [7, 11) is 0. The van der Waals surface area contributed by atoms with Gasteiger partial charge in [-0.3, -0.25) is 4.79 Å². The van der Waals surface area contributed by atoms with Crippen molar-refractivity contribution in [3.63, 3.8) is 0 Å². The number of hydrogen-bond donors (Lipinski definition) is 3. The van der Waals surface area contributed by atoms with Crippen LogP contribution in [0.5, 0.6) is 0 Å². The van der Waals surface area contributed by atoms with Crippen LogP contribution in [-0.2, 0) is 6.54 Å². The average Bonchev–Trinajstić information content (AvgIpc) is 2.26. The van der Waals surface area contributed by atoms with Crippen LogP contribution in [0.2, 0.25) is 0 Å². The predicted octanol–water partition coefficient (Wildman–Crippen LogP) is 0.222. The molecule has 0 radical (unpaired) electrons. The van der Waals surface area contributed by atoms with Crippen LogP contribution in [0.25, 0.3) is 0 Å². The molecule has 1 amide bonds. The Morgan fingerprint density at radius 1 is 1.53 bits per heavy atom. The lowest BCUT2D eigenvalue weighted by Crippen LogP contribution is -2.32. The lowest BCUT2D eigenvalue weighted by Gasteiger charge is -2.11. The summed E-state index contributed by atoms with van der Waals surface area (Å²) in [5.41, 5.74) is 12.2. The molecule has 15 heavy (non-hydrogen) atoms. The third kappa shape index (κ3) is 3.69. The van der Waals surface area contributed by atoms with Crippen molar-refractivity contribution >= 4 is 5.91 Å². The van der Waals surface area contributed by atoms with Crippen LogP contribution in [0.3, 0.4) is 0 Å². The lowest BCUT2D eigenvalue weighted by atomic mass is 10.1. The number of nitrogens with two attached hydrogens (primary N) is 2. The van der Waals surface area contributed by atoms with Gasteiger partial charge in [0.2, 0.25) is 5.91 Å². The number of rotatable bonds is 5. The van der Waals surface area contributed by atoms with E-state index in [1.807, 2.05) is 19.1 Å². The highest BCUT2D eigenvalue weighted by Gasteiger charge is 2.02. The van der Waals surface area contributed by atoms with Gasteiger partial charge < -0.3 is 16.8 Å². The molecule has 4 nitrogen and oxygen atoms in total. The fourth-order valence-corrected chi connectivity index (χ4v) is 1.21. The minimum atomic E-state index is -0.399. The Morgan fingerprint density at radius 3 is 2.87 bits per heavy atom. The Hall–Kier alpha value is -1.39. The summed E-state index contributed by atoms with van der Waals surface area (Å²) in [6, 6.07) is 7.53. The number of nitrogens with one attached hydrogen (secondary N) is 1. The number of benzene rings is 1. The van der Waals surface area contributed by atoms with Crippen molar-refractivity contribution in [1.82, 2.24) is 5.32 Å². The maximum atomic E-state index is 10.9. The first-order chi connectivity index (χ1) is 7.13. The molecular formula is C11H17N3O. The lowest BCUT2D eigenvalue weighted by molar-refractivity contribution is 0.1000. The summed E-state index contributed by atoms with van der Waals surface area (Å²) in [4.78, 5) is 10.9. The molecule has 4 heteroatoms. The monoisotopic (exact) mass is 207 g/mol. The van der Waals surface area contributed by atoms with E-state index in [0.717, 1.165) is 5.56 Å². The molecule has 0 bridgehead atoms. The molecule has 0 fully saturated rings. The quantitative estimate of drug-likeness (QED) is 0.646. The fraction of sp³-hybridized carbons (Fsp3) is 0.364. The van der Waals surface area contributed by atoms with Crippen LogP contribution < -0.4 is 16.8 Å². The molecule has 1 aromatic rings. The van der Waals surface area contributed by atoms with Crippen LogP contribution in [0.15, 0.2) is 24.3 Å². The Morgan fingerprint density at radius 2 is 2.27 bits per heavy atom. The summed E-state index contributed by atoms with van der Waals surface area (Å²) in [5.74, 6) is -0.399. The largest absolute Gasteiger partial charge is 0.366 e. The molecule has 1 rings (SSSR count). The van der Waals surface area contributed by atoms with E-state index in [2.05, 4.69) is 5.32 Å². The molecule has 0 saturated heterocycles. The Labute approximate surface area is 89.6 Å². The van der Waals surface area contributed by atoms with Gasteiger partial charge in [-0.15, -0.1) is 0 Å². The first-order valence-corrected chi connectivity index (χ1v) is 4.95. The minimum absolute atomic E-state index is 0.266. The van der Waals surface area contributed by atoms with E-state index in [0.29, 0.717) is 18.7 Å². The Bertz CT molecular complexity index is 338. The van der Waals surface area contributed by atoms with Crippen molar-refractivity contribution in [1.29, 1.82) is 0 Å². The first kappa shape index (κ1) is 11.7. The zero-order valence-corrected chi connectivity index (χ0v) is 8.86. The topological polar surface area (TPSA) is 81.1 Å². The van der Waals surface area contributed by atoms with Gasteiger partial charge in [-0.25, -0.2) is 0 Å². The Kier molecular flexibility index (Phi) is 4.27. The summed E-state index contributed by atoms with van der Waals surface area (Å²) >= 11 is 0. The van der Waals surface area contributed by atoms with Gasteiger partial charge in [0.25, 0.3) is 0 Å². The number of amides is 1. The van der Waals surface area contributed by atoms with Crippen LogP contribution in [-0.4, -0.2) is 18.5 Å². The highest BCUT2D eigenvalue weighted by Crippen LogP contribution is 2.04.